The van der Waals surface area contributed by atoms with Gasteiger partial charge in [-0.3, -0.25) is 4.79 Å². The number of para-hydroxylation sites is 2. The summed E-state index contributed by atoms with van der Waals surface area (Å²) in [5.41, 5.74) is 18.7. The van der Waals surface area contributed by atoms with Crippen LogP contribution in [0.3, 0.4) is 0 Å². The summed E-state index contributed by atoms with van der Waals surface area (Å²) in [6.45, 7) is 3.44. The van der Waals surface area contributed by atoms with Crippen molar-refractivity contribution in [1.82, 2.24) is 10.3 Å². The number of carbonyl (C=O) groups excluding carboxylic acids is 1. The van der Waals surface area contributed by atoms with Crippen LogP contribution in [0.5, 0.6) is 0 Å². The molecule has 0 saturated carbocycles. The van der Waals surface area contributed by atoms with Gasteiger partial charge in [-0.15, -0.1) is 0 Å². The average molecular weight is 522 g/mol. The molecule has 11 heteroatoms. The minimum atomic E-state index is -4.43. The van der Waals surface area contributed by atoms with Crippen LogP contribution in [0.1, 0.15) is 35.9 Å². The van der Waals surface area contributed by atoms with Gasteiger partial charge in [0, 0.05) is 19.5 Å². The molecule has 1 heterocycles. The normalized spacial score (nSPS) is 14.0. The summed E-state index contributed by atoms with van der Waals surface area (Å²) in [5.74, 6) is -0.122. The molecule has 0 radical (unpaired) electrons. The topological polar surface area (TPSA) is 133 Å². The van der Waals surface area contributed by atoms with Crippen molar-refractivity contribution in [2.75, 3.05) is 39.8 Å². The molecular weight excluding hydrogens is 485 g/mol. The highest BCUT2D eigenvalue weighted by molar-refractivity contribution is 5.82. The third kappa shape index (κ3) is 8.00. The molecule has 0 bridgehead atoms. The summed E-state index contributed by atoms with van der Waals surface area (Å²) < 4.78 is 45.5. The summed E-state index contributed by atoms with van der Waals surface area (Å²) in [7, 11) is 2.08. The molecule has 1 aromatic heterocycles. The summed E-state index contributed by atoms with van der Waals surface area (Å²) in [5, 5.41) is 2.90. The van der Waals surface area contributed by atoms with Crippen LogP contribution in [-0.4, -0.2) is 61.2 Å². The standard InChI is InChI=1S/C26H35F3N6O2/c1-35(15-12-30,16-13-31)14-4-5-20(32)24(36)33-22(25-34-21-6-2-3-7-23(21)37-25)17-18-8-10-19(11-9-18)26(27,28)29/h2-3,6-11,20,22H,4-5,12-17,30-32H2,1H3/p+1/t20-,22-/m0/s1. The van der Waals surface area contributed by atoms with E-state index in [-0.39, 0.29) is 18.2 Å². The monoisotopic (exact) mass is 521 g/mol. The van der Waals surface area contributed by atoms with Crippen molar-refractivity contribution in [2.45, 2.75) is 37.5 Å². The first-order chi connectivity index (χ1) is 17.5. The lowest BCUT2D eigenvalue weighted by atomic mass is 10.0. The van der Waals surface area contributed by atoms with Crippen LogP contribution in [0, 0.1) is 0 Å². The Balaban J connectivity index is 1.72. The summed E-state index contributed by atoms with van der Waals surface area (Å²) in [6, 6.07) is 10.5. The zero-order chi connectivity index (χ0) is 27.1. The third-order valence-electron chi connectivity index (χ3n) is 6.53. The fourth-order valence-electron chi connectivity index (χ4n) is 4.37. The largest absolute Gasteiger partial charge is 0.438 e. The van der Waals surface area contributed by atoms with Gasteiger partial charge in [-0.25, -0.2) is 4.98 Å². The van der Waals surface area contributed by atoms with Gasteiger partial charge in [0.25, 0.3) is 0 Å². The fraction of sp³-hybridized carbons (Fsp3) is 0.462. The number of quaternary nitrogens is 1. The average Bonchev–Trinajstić information content (AvgIpc) is 3.28. The zero-order valence-corrected chi connectivity index (χ0v) is 21.0. The zero-order valence-electron chi connectivity index (χ0n) is 21.0. The maximum Gasteiger partial charge on any atom is 0.416 e. The van der Waals surface area contributed by atoms with Crippen molar-refractivity contribution in [3.8, 4) is 0 Å². The Kier molecular flexibility index (Phi) is 9.66. The minimum Gasteiger partial charge on any atom is -0.438 e. The van der Waals surface area contributed by atoms with E-state index in [9.17, 15) is 18.0 Å². The van der Waals surface area contributed by atoms with Gasteiger partial charge in [0.2, 0.25) is 11.8 Å². The van der Waals surface area contributed by atoms with Gasteiger partial charge in [-0.05, 0) is 42.7 Å². The molecule has 37 heavy (non-hydrogen) atoms. The highest BCUT2D eigenvalue weighted by Gasteiger charge is 2.30. The number of likely N-dealkylation sites (N-methyl/N-ethyl adjacent to an activating group) is 1. The first-order valence-corrected chi connectivity index (χ1v) is 12.4. The van der Waals surface area contributed by atoms with E-state index in [0.717, 1.165) is 31.8 Å². The Hall–Kier alpha value is -2.99. The lowest BCUT2D eigenvalue weighted by Gasteiger charge is -2.34. The molecule has 3 aromatic rings. The van der Waals surface area contributed by atoms with Crippen LogP contribution in [0.2, 0.25) is 0 Å². The maximum absolute atomic E-state index is 13.0. The number of aromatic nitrogens is 1. The summed E-state index contributed by atoms with van der Waals surface area (Å²) >= 11 is 0. The SMILES string of the molecule is C[N+](CCN)(CCN)CCC[C@H](N)C(=O)N[C@@H](Cc1ccc(C(F)(F)F)cc1)c1nc2ccccc2o1. The second-order valence-corrected chi connectivity index (χ2v) is 9.60. The molecule has 3 rings (SSSR count). The lowest BCUT2D eigenvalue weighted by Crippen LogP contribution is -2.51. The maximum atomic E-state index is 13.0. The van der Waals surface area contributed by atoms with Crippen LogP contribution < -0.4 is 22.5 Å². The van der Waals surface area contributed by atoms with Crippen LogP contribution in [0.25, 0.3) is 11.1 Å². The molecule has 1 amide bonds. The number of carbonyl (C=O) groups is 1. The van der Waals surface area contributed by atoms with E-state index in [0.29, 0.717) is 47.1 Å². The van der Waals surface area contributed by atoms with Crippen LogP contribution in [0.4, 0.5) is 13.2 Å². The fourth-order valence-corrected chi connectivity index (χ4v) is 4.37. The smallest absolute Gasteiger partial charge is 0.416 e. The number of oxazole rings is 1. The third-order valence-corrected chi connectivity index (χ3v) is 6.53. The van der Waals surface area contributed by atoms with Gasteiger partial charge >= 0.3 is 6.18 Å². The van der Waals surface area contributed by atoms with E-state index in [1.54, 1.807) is 18.2 Å². The van der Waals surface area contributed by atoms with Crippen molar-refractivity contribution in [3.05, 3.63) is 65.5 Å². The van der Waals surface area contributed by atoms with Crippen LogP contribution in [-0.2, 0) is 17.4 Å². The molecule has 202 valence electrons. The number of hydrogen-bond donors (Lipinski definition) is 4. The van der Waals surface area contributed by atoms with Crippen molar-refractivity contribution in [2.24, 2.45) is 17.2 Å². The molecule has 0 saturated heterocycles. The molecule has 0 fully saturated rings. The number of nitrogens with zero attached hydrogens (tertiary/aromatic N) is 2. The number of benzene rings is 2. The highest BCUT2D eigenvalue weighted by atomic mass is 19.4. The second-order valence-electron chi connectivity index (χ2n) is 9.60. The molecule has 0 aliphatic rings. The number of halogens is 3. The molecule has 0 unspecified atom stereocenters. The molecule has 2 atom stereocenters. The molecule has 2 aromatic carbocycles. The predicted octanol–water partition coefficient (Wildman–Crippen LogP) is 2.72. The Morgan fingerprint density at radius 3 is 2.30 bits per heavy atom. The van der Waals surface area contributed by atoms with E-state index in [4.69, 9.17) is 21.6 Å². The van der Waals surface area contributed by atoms with E-state index in [1.807, 2.05) is 6.07 Å². The van der Waals surface area contributed by atoms with E-state index >= 15 is 0 Å². The molecule has 0 aliphatic heterocycles. The van der Waals surface area contributed by atoms with Crippen molar-refractivity contribution in [3.63, 3.8) is 0 Å². The molecular formula is C26H36F3N6O2+. The van der Waals surface area contributed by atoms with E-state index < -0.39 is 23.8 Å². The van der Waals surface area contributed by atoms with Gasteiger partial charge in [0.1, 0.15) is 11.6 Å². The number of hydrogen-bond acceptors (Lipinski definition) is 6. The Morgan fingerprint density at radius 1 is 1.05 bits per heavy atom. The van der Waals surface area contributed by atoms with Gasteiger partial charge < -0.3 is 31.4 Å². The van der Waals surface area contributed by atoms with Gasteiger partial charge in [0.05, 0.1) is 38.3 Å². The number of alkyl halides is 3. The quantitative estimate of drug-likeness (QED) is 0.256. The number of amides is 1. The Labute approximate surface area is 214 Å². The number of rotatable bonds is 13. The van der Waals surface area contributed by atoms with Gasteiger partial charge in [0.15, 0.2) is 5.58 Å². The molecule has 0 spiro atoms. The van der Waals surface area contributed by atoms with Gasteiger partial charge in [-0.1, -0.05) is 24.3 Å². The lowest BCUT2D eigenvalue weighted by molar-refractivity contribution is -0.907. The number of nitrogens with two attached hydrogens (primary N) is 3. The Bertz CT molecular complexity index is 1110. The number of fused-ring (bicyclic) bond motifs is 1. The van der Waals surface area contributed by atoms with Crippen LogP contribution in [0.15, 0.2) is 52.9 Å². The predicted molar refractivity (Wildman–Crippen MR) is 136 cm³/mol. The first-order valence-electron chi connectivity index (χ1n) is 12.4. The van der Waals surface area contributed by atoms with E-state index in [2.05, 4.69) is 17.3 Å². The molecule has 7 N–H and O–H groups in total. The number of nitrogens with one attached hydrogen (secondary N) is 1. The van der Waals surface area contributed by atoms with Crippen molar-refractivity contribution in [1.29, 1.82) is 0 Å². The minimum absolute atomic E-state index is 0.186. The second kappa shape index (κ2) is 12.5. The molecule has 8 nitrogen and oxygen atoms in total. The summed E-state index contributed by atoms with van der Waals surface area (Å²) in [6.07, 6.45) is -3.08. The van der Waals surface area contributed by atoms with Gasteiger partial charge in [-0.2, -0.15) is 13.2 Å². The Morgan fingerprint density at radius 2 is 1.70 bits per heavy atom. The first kappa shape index (κ1) is 28.6. The summed E-state index contributed by atoms with van der Waals surface area (Å²) in [4.78, 5) is 17.5. The van der Waals surface area contributed by atoms with E-state index in [1.165, 1.54) is 12.1 Å². The highest BCUT2D eigenvalue weighted by Crippen LogP contribution is 2.30. The van der Waals surface area contributed by atoms with Crippen LogP contribution >= 0.6 is 0 Å². The molecule has 0 aliphatic carbocycles. The van der Waals surface area contributed by atoms with Crippen molar-refractivity contribution < 1.29 is 26.9 Å². The van der Waals surface area contributed by atoms with Crippen molar-refractivity contribution >= 4 is 17.0 Å².